The maximum Gasteiger partial charge on any atom is 0.335 e. The van der Waals surface area contributed by atoms with E-state index in [1.807, 2.05) is 6.92 Å². The molecule has 2 bridgehead atoms. The van der Waals surface area contributed by atoms with Gasteiger partial charge >= 0.3 is 5.97 Å². The summed E-state index contributed by atoms with van der Waals surface area (Å²) < 4.78 is 12.3. The number of piperidine rings is 3. The van der Waals surface area contributed by atoms with Gasteiger partial charge in [0.1, 0.15) is 29.8 Å². The van der Waals surface area contributed by atoms with Gasteiger partial charge in [0.2, 0.25) is 6.23 Å². The van der Waals surface area contributed by atoms with Gasteiger partial charge in [0.15, 0.2) is 12.2 Å². The number of hydrogen-bond acceptors (Lipinski definition) is 7. The number of thioether (sulfide) groups is 1. The lowest BCUT2D eigenvalue weighted by molar-refractivity contribution is -0.996. The highest BCUT2D eigenvalue weighted by Gasteiger charge is 2.64. The predicted molar refractivity (Wildman–Crippen MR) is 87.6 cm³/mol. The molecule has 5 heterocycles. The number of carboxylic acids is 1. The Morgan fingerprint density at radius 3 is 2.40 bits per heavy atom. The molecule has 5 aliphatic heterocycles. The summed E-state index contributed by atoms with van der Waals surface area (Å²) in [5, 5.41) is 40.0. The molecule has 1 spiro atoms. The molecule has 5 saturated heterocycles. The molecule has 5 rings (SSSR count). The monoisotopic (exact) mass is 376 g/mol. The second kappa shape index (κ2) is 6.05. The summed E-state index contributed by atoms with van der Waals surface area (Å²) in [5.41, 5.74) is -0.152. The van der Waals surface area contributed by atoms with Crippen LogP contribution in [0, 0.1) is 5.92 Å². The molecule has 0 aromatic carbocycles. The average Bonchev–Trinajstić information content (AvgIpc) is 2.93. The van der Waals surface area contributed by atoms with E-state index in [0.717, 1.165) is 31.7 Å². The van der Waals surface area contributed by atoms with Crippen LogP contribution < -0.4 is 0 Å². The van der Waals surface area contributed by atoms with Crippen LogP contribution in [0.5, 0.6) is 0 Å². The molecule has 0 aliphatic carbocycles. The van der Waals surface area contributed by atoms with Gasteiger partial charge in [-0.15, -0.1) is 11.8 Å². The minimum atomic E-state index is -1.64. The van der Waals surface area contributed by atoms with E-state index in [-0.39, 0.29) is 11.0 Å². The van der Waals surface area contributed by atoms with E-state index in [1.54, 1.807) is 11.8 Å². The van der Waals surface area contributed by atoms with Gasteiger partial charge in [-0.3, -0.25) is 4.48 Å². The summed E-state index contributed by atoms with van der Waals surface area (Å²) >= 11 is 1.78. The fraction of sp³-hybridized carbons (Fsp3) is 0.938. The summed E-state index contributed by atoms with van der Waals surface area (Å²) in [6.07, 6.45) is -5.07. The van der Waals surface area contributed by atoms with Crippen molar-refractivity contribution in [1.82, 2.24) is 0 Å². The smallest absolute Gasteiger partial charge is 0.335 e. The number of quaternary nitrogens is 1. The van der Waals surface area contributed by atoms with Crippen molar-refractivity contribution in [2.24, 2.45) is 5.92 Å². The molecule has 0 radical (unpaired) electrons. The number of ether oxygens (including phenoxy) is 2. The highest BCUT2D eigenvalue weighted by Crippen LogP contribution is 2.51. The lowest BCUT2D eigenvalue weighted by atomic mass is 9.73. The normalized spacial score (nSPS) is 55.6. The molecular weight excluding hydrogens is 350 g/mol. The summed E-state index contributed by atoms with van der Waals surface area (Å²) in [6, 6.07) is 0. The summed E-state index contributed by atoms with van der Waals surface area (Å²) in [5.74, 6) is 0.0239. The zero-order valence-electron chi connectivity index (χ0n) is 14.2. The van der Waals surface area contributed by atoms with E-state index in [2.05, 4.69) is 0 Å². The highest BCUT2D eigenvalue weighted by molar-refractivity contribution is 8.00. The first kappa shape index (κ1) is 18.0. The molecule has 7 atom stereocenters. The van der Waals surface area contributed by atoms with Crippen molar-refractivity contribution in [3.8, 4) is 0 Å². The quantitative estimate of drug-likeness (QED) is 0.452. The third kappa shape index (κ3) is 2.63. The number of rotatable bonds is 2. The molecule has 0 aromatic rings. The van der Waals surface area contributed by atoms with Crippen LogP contribution in [0.15, 0.2) is 0 Å². The maximum atomic E-state index is 11.4. The lowest BCUT2D eigenvalue weighted by Gasteiger charge is -2.60. The van der Waals surface area contributed by atoms with E-state index in [4.69, 9.17) is 9.47 Å². The molecule has 5 fully saturated rings. The van der Waals surface area contributed by atoms with E-state index in [0.29, 0.717) is 16.9 Å². The zero-order chi connectivity index (χ0) is 18.0. The first-order valence-electron chi connectivity index (χ1n) is 8.86. The number of hydrogen-bond donors (Lipinski definition) is 4. The SMILES string of the molecule is C[C@H]1O[C@]2(CS1)C[N+]1([C@@H]3O[C@@H](C(=O)O)[C@@H](O)[C@H](O)[C@H]3O)CCC2CC1. The maximum absolute atomic E-state index is 11.4. The number of aliphatic hydroxyl groups is 3. The number of nitrogens with zero attached hydrogens (tertiary/aromatic N) is 1. The van der Waals surface area contributed by atoms with Crippen LogP contribution in [-0.2, 0) is 14.3 Å². The zero-order valence-corrected chi connectivity index (χ0v) is 15.0. The Hall–Kier alpha value is -0.420. The molecule has 25 heavy (non-hydrogen) atoms. The first-order valence-corrected chi connectivity index (χ1v) is 9.91. The van der Waals surface area contributed by atoms with Crippen LogP contribution in [0.1, 0.15) is 19.8 Å². The second-order valence-corrected chi connectivity index (χ2v) is 9.20. The summed E-state index contributed by atoms with van der Waals surface area (Å²) in [4.78, 5) is 11.4. The van der Waals surface area contributed by atoms with Crippen molar-refractivity contribution in [3.63, 3.8) is 0 Å². The van der Waals surface area contributed by atoms with Crippen molar-refractivity contribution in [3.05, 3.63) is 0 Å². The lowest BCUT2D eigenvalue weighted by Crippen LogP contribution is -2.78. The third-order valence-corrected chi connectivity index (χ3v) is 7.73. The number of fused-ring (bicyclic) bond motifs is 2. The van der Waals surface area contributed by atoms with Gasteiger partial charge in [-0.05, 0) is 6.92 Å². The van der Waals surface area contributed by atoms with Gasteiger partial charge in [0.25, 0.3) is 0 Å². The van der Waals surface area contributed by atoms with Crippen LogP contribution in [0.25, 0.3) is 0 Å². The number of carboxylic acid groups (broad SMARTS) is 1. The molecule has 0 saturated carbocycles. The Labute approximate surface area is 150 Å². The third-order valence-electron chi connectivity index (χ3n) is 6.51. The molecule has 0 unspecified atom stereocenters. The Kier molecular flexibility index (Phi) is 4.35. The fourth-order valence-corrected chi connectivity index (χ4v) is 6.42. The molecule has 5 aliphatic rings. The van der Waals surface area contributed by atoms with Crippen molar-refractivity contribution in [2.75, 3.05) is 25.4 Å². The number of carbonyl (C=O) groups is 1. The Balaban J connectivity index is 1.64. The van der Waals surface area contributed by atoms with E-state index in [1.165, 1.54) is 0 Å². The second-order valence-electron chi connectivity index (χ2n) is 7.92. The first-order chi connectivity index (χ1) is 11.8. The highest BCUT2D eigenvalue weighted by atomic mass is 32.2. The van der Waals surface area contributed by atoms with Crippen LogP contribution >= 0.6 is 11.8 Å². The van der Waals surface area contributed by atoms with Crippen LogP contribution in [0.3, 0.4) is 0 Å². The Bertz CT molecular complexity index is 555. The van der Waals surface area contributed by atoms with E-state index >= 15 is 0 Å². The number of aliphatic hydroxyl groups excluding tert-OH is 3. The van der Waals surface area contributed by atoms with Crippen molar-refractivity contribution in [2.45, 2.75) is 61.4 Å². The van der Waals surface area contributed by atoms with Gasteiger partial charge in [0, 0.05) is 24.5 Å². The van der Waals surface area contributed by atoms with E-state index in [9.17, 15) is 25.2 Å². The van der Waals surface area contributed by atoms with Gasteiger partial charge in [-0.25, -0.2) is 4.79 Å². The average molecular weight is 376 g/mol. The minimum Gasteiger partial charge on any atom is -0.479 e. The molecule has 9 heteroatoms. The molecule has 0 aromatic heterocycles. The van der Waals surface area contributed by atoms with Gasteiger partial charge < -0.3 is 29.9 Å². The Morgan fingerprint density at radius 2 is 1.84 bits per heavy atom. The van der Waals surface area contributed by atoms with Crippen LogP contribution in [-0.4, -0.2) is 97.9 Å². The standard InChI is InChI=1S/C16H25NO7S/c1-8-24-16(7-25-8)6-17(4-2-9(16)3-5-17)14-12(20)10(18)11(19)13(23-14)15(21)22/h8-14,18-20H,2-7H2,1H3/p+1/t8-,9?,10-,11-,12+,13+,14+,16-,17?/m0/s1. The minimum absolute atomic E-state index is 0.122. The molecule has 4 N–H and O–H groups in total. The molecule has 142 valence electrons. The summed E-state index contributed by atoms with van der Waals surface area (Å²) in [7, 11) is 0. The largest absolute Gasteiger partial charge is 0.479 e. The van der Waals surface area contributed by atoms with Gasteiger partial charge in [-0.2, -0.15) is 0 Å². The topological polar surface area (TPSA) is 116 Å². The molecule has 8 nitrogen and oxygen atoms in total. The number of aliphatic carboxylic acids is 1. The summed E-state index contributed by atoms with van der Waals surface area (Å²) in [6.45, 7) is 4.19. The van der Waals surface area contributed by atoms with Crippen LogP contribution in [0.2, 0.25) is 0 Å². The fourth-order valence-electron chi connectivity index (χ4n) is 5.25. The van der Waals surface area contributed by atoms with Crippen molar-refractivity contribution in [1.29, 1.82) is 0 Å². The predicted octanol–water partition coefficient (Wildman–Crippen LogP) is -1.03. The van der Waals surface area contributed by atoms with Crippen molar-refractivity contribution >= 4 is 17.7 Å². The molecule has 0 amide bonds. The van der Waals surface area contributed by atoms with Crippen LogP contribution in [0.4, 0.5) is 0 Å². The molecular formula is C16H26NO7S+. The Morgan fingerprint density at radius 1 is 1.16 bits per heavy atom. The van der Waals surface area contributed by atoms with E-state index < -0.39 is 36.6 Å². The van der Waals surface area contributed by atoms with Crippen molar-refractivity contribution < 1.29 is 39.2 Å². The van der Waals surface area contributed by atoms with Gasteiger partial charge in [-0.1, -0.05) is 0 Å². The van der Waals surface area contributed by atoms with Gasteiger partial charge in [0.05, 0.1) is 13.1 Å².